The molecule has 0 saturated carbocycles. The maximum absolute atomic E-state index is 13.0. The number of nitrogens with zero attached hydrogens (tertiary/aromatic N) is 1. The van der Waals surface area contributed by atoms with Gasteiger partial charge in [0.2, 0.25) is 0 Å². The van der Waals surface area contributed by atoms with Crippen LogP contribution < -0.4 is 5.32 Å². The lowest BCUT2D eigenvalue weighted by Gasteiger charge is -2.07. The molecule has 0 aliphatic rings. The molecule has 0 atom stereocenters. The van der Waals surface area contributed by atoms with Crippen molar-refractivity contribution in [3.63, 3.8) is 0 Å². The summed E-state index contributed by atoms with van der Waals surface area (Å²) in [6.07, 6.45) is 1.40. The third-order valence-corrected chi connectivity index (χ3v) is 2.44. The first-order chi connectivity index (χ1) is 8.15. The van der Waals surface area contributed by atoms with Crippen molar-refractivity contribution in [3.05, 3.63) is 53.6 Å². The van der Waals surface area contributed by atoms with Crippen molar-refractivity contribution in [2.24, 2.45) is 0 Å². The van der Waals surface area contributed by atoms with Crippen LogP contribution in [0.2, 0.25) is 0 Å². The van der Waals surface area contributed by atoms with Gasteiger partial charge in [0.15, 0.2) is 0 Å². The Hall–Kier alpha value is -2.10. The van der Waals surface area contributed by atoms with E-state index in [9.17, 15) is 4.39 Å². The standard InChI is InChI=1S/C13H13FN2O/c1-9-6-10(3-5-13(9)14)15-7-11-2-4-12(17)8-16-11/h2-6,8,15,17H,7H2,1H3. The molecule has 0 aliphatic carbocycles. The zero-order chi connectivity index (χ0) is 12.3. The van der Waals surface area contributed by atoms with Gasteiger partial charge in [0.25, 0.3) is 0 Å². The topological polar surface area (TPSA) is 45.1 Å². The highest BCUT2D eigenvalue weighted by Crippen LogP contribution is 2.14. The Labute approximate surface area is 98.9 Å². The zero-order valence-electron chi connectivity index (χ0n) is 9.44. The summed E-state index contributed by atoms with van der Waals surface area (Å²) in [4.78, 5) is 4.05. The molecule has 0 radical (unpaired) electrons. The summed E-state index contributed by atoms with van der Waals surface area (Å²) in [5.41, 5.74) is 2.26. The smallest absolute Gasteiger partial charge is 0.133 e. The lowest BCUT2D eigenvalue weighted by molar-refractivity contribution is 0.472. The molecule has 1 aromatic carbocycles. The predicted molar refractivity (Wildman–Crippen MR) is 64.4 cm³/mol. The number of aromatic hydroxyl groups is 1. The number of hydrogen-bond donors (Lipinski definition) is 2. The molecule has 0 spiro atoms. The number of aryl methyl sites for hydroxylation is 1. The molecule has 0 bridgehead atoms. The summed E-state index contributed by atoms with van der Waals surface area (Å²) >= 11 is 0. The van der Waals surface area contributed by atoms with E-state index in [0.717, 1.165) is 11.4 Å². The molecule has 2 N–H and O–H groups in total. The maximum atomic E-state index is 13.0. The fourth-order valence-corrected chi connectivity index (χ4v) is 1.47. The first-order valence-corrected chi connectivity index (χ1v) is 5.29. The Kier molecular flexibility index (Phi) is 3.23. The lowest BCUT2D eigenvalue weighted by Crippen LogP contribution is -2.01. The van der Waals surface area contributed by atoms with Crippen LogP contribution in [0.3, 0.4) is 0 Å². The van der Waals surface area contributed by atoms with Gasteiger partial charge in [-0.1, -0.05) is 0 Å². The summed E-state index contributed by atoms with van der Waals surface area (Å²) in [7, 11) is 0. The highest BCUT2D eigenvalue weighted by Gasteiger charge is 1.99. The average molecular weight is 232 g/mol. The van der Waals surface area contributed by atoms with E-state index in [0.29, 0.717) is 12.1 Å². The number of halogens is 1. The van der Waals surface area contributed by atoms with E-state index in [-0.39, 0.29) is 11.6 Å². The molecule has 1 heterocycles. The number of aromatic nitrogens is 1. The molecule has 88 valence electrons. The Balaban J connectivity index is 2.02. The summed E-state index contributed by atoms with van der Waals surface area (Å²) in [6, 6.07) is 8.18. The number of hydrogen-bond acceptors (Lipinski definition) is 3. The minimum Gasteiger partial charge on any atom is -0.506 e. The van der Waals surface area contributed by atoms with Gasteiger partial charge in [-0.25, -0.2) is 4.39 Å². The lowest BCUT2D eigenvalue weighted by atomic mass is 10.2. The highest BCUT2D eigenvalue weighted by atomic mass is 19.1. The average Bonchev–Trinajstić information content (AvgIpc) is 2.33. The van der Waals surface area contributed by atoms with E-state index in [1.807, 2.05) is 0 Å². The summed E-state index contributed by atoms with van der Waals surface area (Å²) in [5.74, 6) is -0.0651. The van der Waals surface area contributed by atoms with Gasteiger partial charge in [-0.2, -0.15) is 0 Å². The minimum atomic E-state index is -0.210. The van der Waals surface area contributed by atoms with Crippen LogP contribution in [-0.2, 0) is 6.54 Å². The monoisotopic (exact) mass is 232 g/mol. The van der Waals surface area contributed by atoms with E-state index in [1.54, 1.807) is 31.2 Å². The van der Waals surface area contributed by atoms with Crippen LogP contribution in [0.1, 0.15) is 11.3 Å². The third kappa shape index (κ3) is 2.93. The Morgan fingerprint density at radius 3 is 2.76 bits per heavy atom. The van der Waals surface area contributed by atoms with Gasteiger partial charge < -0.3 is 10.4 Å². The predicted octanol–water partition coefficient (Wildman–Crippen LogP) is 2.85. The normalized spacial score (nSPS) is 10.2. The van der Waals surface area contributed by atoms with Crippen molar-refractivity contribution >= 4 is 5.69 Å². The second kappa shape index (κ2) is 4.82. The quantitative estimate of drug-likeness (QED) is 0.855. The van der Waals surface area contributed by atoms with Crippen molar-refractivity contribution in [1.82, 2.24) is 4.98 Å². The number of pyridine rings is 1. The van der Waals surface area contributed by atoms with Crippen LogP contribution in [0.4, 0.5) is 10.1 Å². The molecule has 0 aliphatic heterocycles. The highest BCUT2D eigenvalue weighted by molar-refractivity contribution is 5.46. The molecule has 3 nitrogen and oxygen atoms in total. The van der Waals surface area contributed by atoms with Crippen LogP contribution in [0, 0.1) is 12.7 Å². The van der Waals surface area contributed by atoms with Crippen LogP contribution in [0.5, 0.6) is 5.75 Å². The van der Waals surface area contributed by atoms with Gasteiger partial charge in [0.05, 0.1) is 18.4 Å². The summed E-state index contributed by atoms with van der Waals surface area (Å²) in [5, 5.41) is 12.2. The summed E-state index contributed by atoms with van der Waals surface area (Å²) in [6.45, 7) is 2.25. The number of rotatable bonds is 3. The molecule has 0 amide bonds. The van der Waals surface area contributed by atoms with Gasteiger partial charge in [0, 0.05) is 5.69 Å². The molecule has 1 aromatic heterocycles. The van der Waals surface area contributed by atoms with Crippen molar-refractivity contribution in [1.29, 1.82) is 0 Å². The van der Waals surface area contributed by atoms with Crippen LogP contribution in [0.25, 0.3) is 0 Å². The molecular formula is C13H13FN2O. The first-order valence-electron chi connectivity index (χ1n) is 5.29. The minimum absolute atomic E-state index is 0.145. The maximum Gasteiger partial charge on any atom is 0.133 e. The van der Waals surface area contributed by atoms with Crippen molar-refractivity contribution in [2.45, 2.75) is 13.5 Å². The van der Waals surface area contributed by atoms with Gasteiger partial charge >= 0.3 is 0 Å². The van der Waals surface area contributed by atoms with Gasteiger partial charge in [-0.05, 0) is 42.8 Å². The SMILES string of the molecule is Cc1cc(NCc2ccc(O)cn2)ccc1F. The van der Waals surface area contributed by atoms with Crippen LogP contribution in [-0.4, -0.2) is 10.1 Å². The molecular weight excluding hydrogens is 219 g/mol. The first kappa shape index (κ1) is 11.4. The van der Waals surface area contributed by atoms with E-state index in [1.165, 1.54) is 12.3 Å². The molecule has 0 unspecified atom stereocenters. The van der Waals surface area contributed by atoms with Gasteiger partial charge in [-0.3, -0.25) is 4.98 Å². The second-order valence-electron chi connectivity index (χ2n) is 3.83. The number of anilines is 1. The van der Waals surface area contributed by atoms with E-state index >= 15 is 0 Å². The van der Waals surface area contributed by atoms with E-state index in [4.69, 9.17) is 5.11 Å². The van der Waals surface area contributed by atoms with Crippen molar-refractivity contribution < 1.29 is 9.50 Å². The Bertz CT molecular complexity index is 511. The number of benzene rings is 1. The largest absolute Gasteiger partial charge is 0.506 e. The molecule has 4 heteroatoms. The van der Waals surface area contributed by atoms with Crippen LogP contribution in [0.15, 0.2) is 36.5 Å². The third-order valence-electron chi connectivity index (χ3n) is 2.44. The van der Waals surface area contributed by atoms with E-state index < -0.39 is 0 Å². The van der Waals surface area contributed by atoms with Crippen molar-refractivity contribution in [2.75, 3.05) is 5.32 Å². The second-order valence-corrected chi connectivity index (χ2v) is 3.83. The fraction of sp³-hybridized carbons (Fsp3) is 0.154. The summed E-state index contributed by atoms with van der Waals surface area (Å²) < 4.78 is 13.0. The molecule has 2 aromatic rings. The zero-order valence-corrected chi connectivity index (χ0v) is 9.44. The molecule has 0 saturated heterocycles. The fourth-order valence-electron chi connectivity index (χ4n) is 1.47. The van der Waals surface area contributed by atoms with Gasteiger partial charge in [0.1, 0.15) is 11.6 Å². The molecule has 0 fully saturated rings. The number of nitrogens with one attached hydrogen (secondary N) is 1. The Morgan fingerprint density at radius 2 is 2.12 bits per heavy atom. The van der Waals surface area contributed by atoms with Crippen LogP contribution >= 0.6 is 0 Å². The Morgan fingerprint density at radius 1 is 1.29 bits per heavy atom. The van der Waals surface area contributed by atoms with Gasteiger partial charge in [-0.15, -0.1) is 0 Å². The van der Waals surface area contributed by atoms with E-state index in [2.05, 4.69) is 10.3 Å². The molecule has 17 heavy (non-hydrogen) atoms. The van der Waals surface area contributed by atoms with Crippen molar-refractivity contribution in [3.8, 4) is 5.75 Å². The molecule has 2 rings (SSSR count).